The molecule has 0 aliphatic heterocycles. The number of ketones is 1. The van der Waals surface area contributed by atoms with Crippen molar-refractivity contribution in [3.8, 4) is 11.5 Å². The van der Waals surface area contributed by atoms with E-state index < -0.39 is 4.92 Å². The van der Waals surface area contributed by atoms with Crippen LogP contribution in [0.2, 0.25) is 0 Å². The molecular formula is C17H13N3O4S. The Balaban J connectivity index is 1.66. The number of benzene rings is 2. The van der Waals surface area contributed by atoms with Crippen LogP contribution >= 0.6 is 11.8 Å². The molecule has 0 amide bonds. The molecule has 0 aliphatic rings. The molecule has 1 aromatic heterocycles. The molecule has 0 saturated heterocycles. The summed E-state index contributed by atoms with van der Waals surface area (Å²) in [6, 6.07) is 13.3. The van der Waals surface area contributed by atoms with Gasteiger partial charge in [-0.3, -0.25) is 14.9 Å². The first-order valence-corrected chi connectivity index (χ1v) is 8.32. The van der Waals surface area contributed by atoms with Gasteiger partial charge < -0.3 is 4.42 Å². The molecule has 1 heterocycles. The van der Waals surface area contributed by atoms with Crippen LogP contribution in [-0.4, -0.2) is 26.7 Å². The molecule has 7 nitrogen and oxygen atoms in total. The Bertz CT molecular complexity index is 922. The van der Waals surface area contributed by atoms with Crippen LogP contribution in [-0.2, 0) is 0 Å². The van der Waals surface area contributed by atoms with Crippen LogP contribution in [0.15, 0.2) is 58.2 Å². The quantitative estimate of drug-likeness (QED) is 0.286. The van der Waals surface area contributed by atoms with Gasteiger partial charge in [0.1, 0.15) is 0 Å². The van der Waals surface area contributed by atoms with Gasteiger partial charge in [-0.05, 0) is 19.1 Å². The number of thioether (sulfide) groups is 1. The molecule has 126 valence electrons. The number of nitro benzene ring substituents is 1. The molecule has 0 aliphatic carbocycles. The van der Waals surface area contributed by atoms with Crippen LogP contribution in [0, 0.1) is 17.0 Å². The van der Waals surface area contributed by atoms with E-state index in [1.165, 1.54) is 18.2 Å². The lowest BCUT2D eigenvalue weighted by Crippen LogP contribution is -2.03. The molecular weight excluding hydrogens is 342 g/mol. The SMILES string of the molecule is Cc1ccc(-c2nnc(SCC(=O)c3cccc([N+](=O)[O-])c3)o2)cc1. The molecule has 0 bridgehead atoms. The van der Waals surface area contributed by atoms with Crippen molar-refractivity contribution in [2.45, 2.75) is 12.1 Å². The molecule has 0 unspecified atom stereocenters. The first-order valence-electron chi connectivity index (χ1n) is 7.34. The van der Waals surface area contributed by atoms with Crippen LogP contribution in [0.1, 0.15) is 15.9 Å². The summed E-state index contributed by atoms with van der Waals surface area (Å²) in [5.74, 6) is 0.186. The molecule has 0 N–H and O–H groups in total. The van der Waals surface area contributed by atoms with Crippen molar-refractivity contribution in [1.82, 2.24) is 10.2 Å². The number of hydrogen-bond donors (Lipinski definition) is 0. The second kappa shape index (κ2) is 7.27. The summed E-state index contributed by atoms with van der Waals surface area (Å²) in [4.78, 5) is 22.4. The van der Waals surface area contributed by atoms with Gasteiger partial charge in [0, 0.05) is 23.3 Å². The minimum absolute atomic E-state index is 0.0523. The fourth-order valence-corrected chi connectivity index (χ4v) is 2.74. The molecule has 25 heavy (non-hydrogen) atoms. The number of nitrogens with zero attached hydrogens (tertiary/aromatic N) is 3. The summed E-state index contributed by atoms with van der Waals surface area (Å²) < 4.78 is 5.54. The zero-order valence-corrected chi connectivity index (χ0v) is 14.0. The predicted octanol–water partition coefficient (Wildman–Crippen LogP) is 3.93. The maximum atomic E-state index is 12.2. The lowest BCUT2D eigenvalue weighted by Gasteiger charge is -1.99. The standard InChI is InChI=1S/C17H13N3O4S/c1-11-5-7-12(8-6-11)16-18-19-17(24-16)25-10-15(21)13-3-2-4-14(9-13)20(22)23/h2-9H,10H2,1H3. The van der Waals surface area contributed by atoms with Crippen molar-refractivity contribution in [1.29, 1.82) is 0 Å². The van der Waals surface area contributed by atoms with E-state index in [9.17, 15) is 14.9 Å². The van der Waals surface area contributed by atoms with Crippen molar-refractivity contribution in [2.75, 3.05) is 5.75 Å². The van der Waals surface area contributed by atoms with Crippen molar-refractivity contribution in [3.05, 3.63) is 69.8 Å². The molecule has 0 spiro atoms. The van der Waals surface area contributed by atoms with E-state index in [-0.39, 0.29) is 28.0 Å². The van der Waals surface area contributed by atoms with Gasteiger partial charge in [0.15, 0.2) is 5.78 Å². The zero-order chi connectivity index (χ0) is 17.8. The predicted molar refractivity (Wildman–Crippen MR) is 92.6 cm³/mol. The van der Waals surface area contributed by atoms with Crippen LogP contribution in [0.4, 0.5) is 5.69 Å². The highest BCUT2D eigenvalue weighted by molar-refractivity contribution is 7.99. The van der Waals surface area contributed by atoms with Gasteiger partial charge >= 0.3 is 0 Å². The molecule has 8 heteroatoms. The van der Waals surface area contributed by atoms with E-state index >= 15 is 0 Å². The van der Waals surface area contributed by atoms with E-state index in [1.54, 1.807) is 6.07 Å². The van der Waals surface area contributed by atoms with Gasteiger partial charge in [-0.15, -0.1) is 10.2 Å². The summed E-state index contributed by atoms with van der Waals surface area (Å²) in [7, 11) is 0. The molecule has 3 rings (SSSR count). The summed E-state index contributed by atoms with van der Waals surface area (Å²) >= 11 is 1.10. The highest BCUT2D eigenvalue weighted by Gasteiger charge is 2.14. The van der Waals surface area contributed by atoms with Gasteiger partial charge in [0.2, 0.25) is 5.89 Å². The maximum Gasteiger partial charge on any atom is 0.277 e. The minimum atomic E-state index is -0.532. The highest BCUT2D eigenvalue weighted by Crippen LogP contribution is 2.24. The van der Waals surface area contributed by atoms with Gasteiger partial charge in [0.25, 0.3) is 10.9 Å². The third kappa shape index (κ3) is 4.10. The number of carbonyl (C=O) groups is 1. The lowest BCUT2D eigenvalue weighted by atomic mass is 10.1. The van der Waals surface area contributed by atoms with Crippen LogP contribution < -0.4 is 0 Å². The molecule has 0 fully saturated rings. The van der Waals surface area contributed by atoms with Crippen molar-refractivity contribution in [3.63, 3.8) is 0 Å². The Morgan fingerprint density at radius 2 is 1.96 bits per heavy atom. The fraction of sp³-hybridized carbons (Fsp3) is 0.118. The van der Waals surface area contributed by atoms with Crippen molar-refractivity contribution in [2.24, 2.45) is 0 Å². The number of aryl methyl sites for hydroxylation is 1. The van der Waals surface area contributed by atoms with Crippen LogP contribution in [0.25, 0.3) is 11.5 Å². The Morgan fingerprint density at radius 3 is 2.68 bits per heavy atom. The Labute approximate surface area is 147 Å². The topological polar surface area (TPSA) is 99.1 Å². The normalized spacial score (nSPS) is 10.6. The smallest absolute Gasteiger partial charge is 0.277 e. The van der Waals surface area contributed by atoms with Crippen molar-refractivity contribution < 1.29 is 14.1 Å². The summed E-state index contributed by atoms with van der Waals surface area (Å²) in [5, 5.41) is 18.9. The average molecular weight is 355 g/mol. The number of non-ortho nitro benzene ring substituents is 1. The second-order valence-electron chi connectivity index (χ2n) is 5.26. The monoisotopic (exact) mass is 355 g/mol. The number of carbonyl (C=O) groups excluding carboxylic acids is 1. The van der Waals surface area contributed by atoms with Gasteiger partial charge in [0.05, 0.1) is 10.7 Å². The van der Waals surface area contributed by atoms with E-state index in [2.05, 4.69) is 10.2 Å². The zero-order valence-electron chi connectivity index (χ0n) is 13.2. The second-order valence-corrected chi connectivity index (χ2v) is 6.19. The third-order valence-corrected chi connectivity index (χ3v) is 4.23. The highest BCUT2D eigenvalue weighted by atomic mass is 32.2. The van der Waals surface area contributed by atoms with E-state index in [0.29, 0.717) is 5.89 Å². The molecule has 3 aromatic rings. The first kappa shape index (κ1) is 16.8. The Hall–Kier alpha value is -3.00. The van der Waals surface area contributed by atoms with Gasteiger partial charge in [-0.25, -0.2) is 0 Å². The minimum Gasteiger partial charge on any atom is -0.411 e. The van der Waals surface area contributed by atoms with Crippen LogP contribution in [0.3, 0.4) is 0 Å². The molecule has 2 aromatic carbocycles. The third-order valence-electron chi connectivity index (χ3n) is 3.41. The fourth-order valence-electron chi connectivity index (χ4n) is 2.08. The summed E-state index contributed by atoms with van der Waals surface area (Å²) in [5.41, 5.74) is 2.09. The van der Waals surface area contributed by atoms with Crippen molar-refractivity contribution >= 4 is 23.2 Å². The van der Waals surface area contributed by atoms with Crippen LogP contribution in [0.5, 0.6) is 0 Å². The van der Waals surface area contributed by atoms with E-state index in [4.69, 9.17) is 4.42 Å². The number of rotatable bonds is 6. The molecule has 0 radical (unpaired) electrons. The van der Waals surface area contributed by atoms with E-state index in [1.807, 2.05) is 31.2 Å². The lowest BCUT2D eigenvalue weighted by molar-refractivity contribution is -0.384. The van der Waals surface area contributed by atoms with E-state index in [0.717, 1.165) is 22.9 Å². The maximum absolute atomic E-state index is 12.2. The number of hydrogen-bond acceptors (Lipinski definition) is 7. The number of nitro groups is 1. The number of Topliss-reactive ketones (excluding diaryl/α,β-unsaturated/α-hetero) is 1. The summed E-state index contributed by atoms with van der Waals surface area (Å²) in [6.07, 6.45) is 0. The summed E-state index contributed by atoms with van der Waals surface area (Å²) in [6.45, 7) is 1.98. The van der Waals surface area contributed by atoms with Gasteiger partial charge in [-0.1, -0.05) is 41.6 Å². The molecule has 0 atom stereocenters. The average Bonchev–Trinajstić information content (AvgIpc) is 3.09. The largest absolute Gasteiger partial charge is 0.411 e. The number of aromatic nitrogens is 2. The Morgan fingerprint density at radius 1 is 1.20 bits per heavy atom. The van der Waals surface area contributed by atoms with Gasteiger partial charge in [-0.2, -0.15) is 0 Å². The Kier molecular flexibility index (Phi) is 4.90. The first-order chi connectivity index (χ1) is 12.0. The molecule has 0 saturated carbocycles.